The molecule has 0 amide bonds. The molecular weight excluding hydrogens is 410 g/mol. The minimum atomic E-state index is -4.58. The summed E-state index contributed by atoms with van der Waals surface area (Å²) in [5, 5.41) is 0.0234. The molecule has 0 aliphatic carbocycles. The molecule has 0 fully saturated rings. The highest BCUT2D eigenvalue weighted by Gasteiger charge is 2.32. The number of aliphatic imine (C=N–C) groups is 1. The number of hydrogen-bond acceptors (Lipinski definition) is 3. The molecular formula is C16H14Cl2F3N3OS. The second-order valence-electron chi connectivity index (χ2n) is 5.41. The van der Waals surface area contributed by atoms with Crippen LogP contribution in [0.5, 0.6) is 0 Å². The predicted molar refractivity (Wildman–Crippen MR) is 97.9 cm³/mol. The molecule has 0 saturated heterocycles. The van der Waals surface area contributed by atoms with E-state index in [1.54, 1.807) is 43.5 Å². The van der Waals surface area contributed by atoms with Crippen LogP contribution in [0.25, 0.3) is 0 Å². The fourth-order valence-corrected chi connectivity index (χ4v) is 3.69. The van der Waals surface area contributed by atoms with Crippen LogP contribution in [0, 0.1) is 0 Å². The van der Waals surface area contributed by atoms with E-state index >= 15 is 0 Å². The number of nitrogens with zero attached hydrogens (tertiary/aromatic N) is 3. The van der Waals surface area contributed by atoms with E-state index in [0.717, 1.165) is 0 Å². The number of amidine groups is 1. The van der Waals surface area contributed by atoms with Gasteiger partial charge in [0.1, 0.15) is 11.6 Å². The van der Waals surface area contributed by atoms with Crippen molar-refractivity contribution in [2.45, 2.75) is 11.1 Å². The second kappa shape index (κ2) is 8.37. The monoisotopic (exact) mass is 423 g/mol. The number of hydrogen-bond donors (Lipinski definition) is 0. The first-order valence-corrected chi connectivity index (χ1v) is 9.26. The van der Waals surface area contributed by atoms with Crippen LogP contribution in [0.15, 0.2) is 46.5 Å². The average molecular weight is 424 g/mol. The van der Waals surface area contributed by atoms with Crippen molar-refractivity contribution in [3.63, 3.8) is 0 Å². The number of halogens is 5. The molecule has 140 valence electrons. The first-order valence-electron chi connectivity index (χ1n) is 7.19. The van der Waals surface area contributed by atoms with Gasteiger partial charge in [0.25, 0.3) is 0 Å². The predicted octanol–water partition coefficient (Wildman–Crippen LogP) is 4.70. The van der Waals surface area contributed by atoms with Gasteiger partial charge in [-0.1, -0.05) is 23.2 Å². The van der Waals surface area contributed by atoms with Crippen molar-refractivity contribution < 1.29 is 17.4 Å². The summed E-state index contributed by atoms with van der Waals surface area (Å²) < 4.78 is 49.6. The van der Waals surface area contributed by atoms with Crippen LogP contribution >= 0.6 is 23.2 Å². The van der Waals surface area contributed by atoms with E-state index in [4.69, 9.17) is 23.2 Å². The van der Waals surface area contributed by atoms with Gasteiger partial charge in [-0.25, -0.2) is 4.99 Å². The number of benzene rings is 1. The Morgan fingerprint density at radius 1 is 1.27 bits per heavy atom. The molecule has 0 spiro atoms. The highest BCUT2D eigenvalue weighted by atomic mass is 35.5. The highest BCUT2D eigenvalue weighted by Crippen LogP contribution is 2.35. The first-order chi connectivity index (χ1) is 12.1. The van der Waals surface area contributed by atoms with Gasteiger partial charge in [0.2, 0.25) is 0 Å². The third-order valence-electron chi connectivity index (χ3n) is 3.11. The lowest BCUT2D eigenvalue weighted by Gasteiger charge is -2.16. The Balaban J connectivity index is 2.52. The van der Waals surface area contributed by atoms with Crippen molar-refractivity contribution in [2.24, 2.45) is 4.99 Å². The van der Waals surface area contributed by atoms with Crippen LogP contribution in [-0.4, -0.2) is 46.0 Å². The fourth-order valence-electron chi connectivity index (χ4n) is 2.04. The fraction of sp³-hybridized carbons (Fsp3) is 0.250. The van der Waals surface area contributed by atoms with Gasteiger partial charge < -0.3 is 4.90 Å². The molecule has 2 rings (SSSR count). The maximum Gasteiger partial charge on any atom is 0.400 e. The Kier molecular flexibility index (Phi) is 6.65. The second-order valence-corrected chi connectivity index (χ2v) is 7.64. The van der Waals surface area contributed by atoms with Crippen molar-refractivity contribution in [1.82, 2.24) is 9.88 Å². The largest absolute Gasteiger partial charge is 0.400 e. The molecule has 1 heterocycles. The molecule has 1 aromatic carbocycles. The van der Waals surface area contributed by atoms with Crippen molar-refractivity contribution in [3.8, 4) is 0 Å². The number of alkyl halides is 3. The third-order valence-corrected chi connectivity index (χ3v) is 5.26. The van der Waals surface area contributed by atoms with Crippen LogP contribution in [-0.2, 0) is 10.8 Å². The lowest BCUT2D eigenvalue weighted by molar-refractivity contribution is -0.105. The van der Waals surface area contributed by atoms with E-state index in [2.05, 4.69) is 9.98 Å². The Hall–Kier alpha value is -1.64. The molecule has 10 heteroatoms. The van der Waals surface area contributed by atoms with Gasteiger partial charge in [0.15, 0.2) is 0 Å². The van der Waals surface area contributed by atoms with Gasteiger partial charge in [-0.2, -0.15) is 13.2 Å². The molecule has 0 aliphatic rings. The van der Waals surface area contributed by atoms with E-state index in [1.165, 1.54) is 12.1 Å². The third kappa shape index (κ3) is 5.43. The van der Waals surface area contributed by atoms with Crippen molar-refractivity contribution in [2.75, 3.05) is 19.8 Å². The van der Waals surface area contributed by atoms with Crippen LogP contribution in [0.2, 0.25) is 10.0 Å². The zero-order valence-corrected chi connectivity index (χ0v) is 16.0. The van der Waals surface area contributed by atoms with E-state index in [-0.39, 0.29) is 20.6 Å². The SMILES string of the molecule is CN(C)C(=Nc1cc(S(=O)CC(F)(F)F)c(Cl)cc1Cl)c1cccnc1. The molecule has 2 aromatic rings. The molecule has 4 nitrogen and oxygen atoms in total. The Labute approximate surface area is 161 Å². The Bertz CT molecular complexity index is 843. The van der Waals surface area contributed by atoms with Gasteiger partial charge in [-0.3, -0.25) is 9.19 Å². The van der Waals surface area contributed by atoms with E-state index in [9.17, 15) is 17.4 Å². The summed E-state index contributed by atoms with van der Waals surface area (Å²) in [6.07, 6.45) is -1.39. The van der Waals surface area contributed by atoms with E-state index in [1.807, 2.05) is 0 Å². The summed E-state index contributed by atoms with van der Waals surface area (Å²) in [4.78, 5) is 9.95. The van der Waals surface area contributed by atoms with Gasteiger partial charge >= 0.3 is 6.18 Å². The molecule has 0 bridgehead atoms. The zero-order valence-electron chi connectivity index (χ0n) is 13.7. The van der Waals surface area contributed by atoms with E-state index < -0.39 is 22.7 Å². The van der Waals surface area contributed by atoms with Crippen LogP contribution in [0.4, 0.5) is 18.9 Å². The minimum Gasteiger partial charge on any atom is -0.362 e. The first kappa shape index (κ1) is 20.7. The number of rotatable bonds is 4. The van der Waals surface area contributed by atoms with Crippen LogP contribution in [0.1, 0.15) is 5.56 Å². The molecule has 0 N–H and O–H groups in total. The van der Waals surface area contributed by atoms with E-state index in [0.29, 0.717) is 11.4 Å². The van der Waals surface area contributed by atoms with Crippen LogP contribution in [0.3, 0.4) is 0 Å². The maximum absolute atomic E-state index is 12.5. The number of aromatic nitrogens is 1. The van der Waals surface area contributed by atoms with Crippen molar-refractivity contribution >= 4 is 45.5 Å². The zero-order chi connectivity index (χ0) is 19.5. The summed E-state index contributed by atoms with van der Waals surface area (Å²) >= 11 is 12.1. The average Bonchev–Trinajstić information content (AvgIpc) is 2.52. The lowest BCUT2D eigenvalue weighted by Crippen LogP contribution is -2.23. The Morgan fingerprint density at radius 3 is 2.50 bits per heavy atom. The number of pyridine rings is 1. The van der Waals surface area contributed by atoms with Crippen molar-refractivity contribution in [1.29, 1.82) is 0 Å². The Morgan fingerprint density at radius 2 is 1.96 bits per heavy atom. The minimum absolute atomic E-state index is 0.107. The molecule has 1 atom stereocenters. The summed E-state index contributed by atoms with van der Waals surface area (Å²) in [6, 6.07) is 5.95. The van der Waals surface area contributed by atoms with Gasteiger partial charge in [-0.05, 0) is 24.3 Å². The summed E-state index contributed by atoms with van der Waals surface area (Å²) in [5.41, 5.74) is 0.843. The molecule has 0 saturated carbocycles. The standard InChI is InChI=1S/C16H14Cl2F3N3OS/c1-24(2)15(10-4-3-5-22-8-10)23-13-7-14(12(18)6-11(13)17)26(25)9-16(19,20)21/h3-8H,9H2,1-2H3. The lowest BCUT2D eigenvalue weighted by atomic mass is 10.2. The topological polar surface area (TPSA) is 45.6 Å². The molecule has 1 unspecified atom stereocenters. The molecule has 1 aromatic heterocycles. The van der Waals surface area contributed by atoms with Crippen molar-refractivity contribution in [3.05, 3.63) is 52.3 Å². The van der Waals surface area contributed by atoms with Gasteiger partial charge in [-0.15, -0.1) is 0 Å². The van der Waals surface area contributed by atoms with Gasteiger partial charge in [0.05, 0.1) is 31.4 Å². The molecule has 0 radical (unpaired) electrons. The highest BCUT2D eigenvalue weighted by molar-refractivity contribution is 7.85. The normalized spacial score (nSPS) is 13.6. The van der Waals surface area contributed by atoms with Crippen LogP contribution < -0.4 is 0 Å². The summed E-state index contributed by atoms with van der Waals surface area (Å²) in [7, 11) is 1.13. The molecule has 0 aliphatic heterocycles. The maximum atomic E-state index is 12.5. The summed E-state index contributed by atoms with van der Waals surface area (Å²) in [6.45, 7) is 0. The quantitative estimate of drug-likeness (QED) is 0.528. The van der Waals surface area contributed by atoms with Gasteiger partial charge in [0, 0.05) is 32.1 Å². The molecule has 26 heavy (non-hydrogen) atoms. The summed E-state index contributed by atoms with van der Waals surface area (Å²) in [5.74, 6) is -1.02. The smallest absolute Gasteiger partial charge is 0.362 e.